The molecule has 3 N–H and O–H groups in total. The largest absolute Gasteiger partial charge is 0.466 e. The minimum atomic E-state index is -0.853. The predicted molar refractivity (Wildman–Crippen MR) is 343 cm³/mol. The van der Waals surface area contributed by atoms with Crippen molar-refractivity contribution in [2.24, 2.45) is 0 Å². The summed E-state index contributed by atoms with van der Waals surface area (Å²) in [4.78, 5) is 24.6. The third-order valence-corrected chi connectivity index (χ3v) is 16.4. The number of carbonyl (C=O) groups is 2. The van der Waals surface area contributed by atoms with Crippen molar-refractivity contribution in [1.29, 1.82) is 0 Å². The van der Waals surface area contributed by atoms with Gasteiger partial charge in [-0.05, 0) is 64.2 Å². The average Bonchev–Trinajstić information content (AvgIpc) is 3.44. The van der Waals surface area contributed by atoms with E-state index >= 15 is 0 Å². The molecular formula is C72H137NO5. The number of esters is 1. The van der Waals surface area contributed by atoms with Crippen LogP contribution in [0.2, 0.25) is 0 Å². The molecule has 78 heavy (non-hydrogen) atoms. The van der Waals surface area contributed by atoms with E-state index < -0.39 is 12.1 Å². The number of allylic oxidation sites excluding steroid dienone is 5. The molecule has 0 aliphatic rings. The third-order valence-electron chi connectivity index (χ3n) is 16.4. The number of carbonyl (C=O) groups excluding carboxylic acids is 2. The molecule has 2 unspecified atom stereocenters. The summed E-state index contributed by atoms with van der Waals surface area (Å²) in [5.41, 5.74) is 0. The van der Waals surface area contributed by atoms with Crippen molar-refractivity contribution in [1.82, 2.24) is 5.32 Å². The van der Waals surface area contributed by atoms with Crippen LogP contribution in [0, 0.1) is 0 Å². The zero-order valence-corrected chi connectivity index (χ0v) is 52.7. The molecule has 0 aromatic rings. The first-order valence-electron chi connectivity index (χ1n) is 35.3. The molecule has 0 aromatic carbocycles. The van der Waals surface area contributed by atoms with Crippen molar-refractivity contribution in [3.8, 4) is 0 Å². The van der Waals surface area contributed by atoms with Crippen molar-refractivity contribution in [3.63, 3.8) is 0 Å². The molecule has 460 valence electrons. The van der Waals surface area contributed by atoms with Crippen LogP contribution >= 0.6 is 0 Å². The van der Waals surface area contributed by atoms with Crippen LogP contribution < -0.4 is 5.32 Å². The molecule has 0 aromatic heterocycles. The van der Waals surface area contributed by atoms with Crippen LogP contribution in [0.15, 0.2) is 36.5 Å². The highest BCUT2D eigenvalue weighted by Crippen LogP contribution is 2.18. The van der Waals surface area contributed by atoms with Crippen LogP contribution in [-0.2, 0) is 14.3 Å². The van der Waals surface area contributed by atoms with Crippen molar-refractivity contribution in [3.05, 3.63) is 36.5 Å². The number of hydrogen-bond donors (Lipinski definition) is 3. The second-order valence-corrected chi connectivity index (χ2v) is 24.2. The Balaban J connectivity index is 3.46. The fourth-order valence-corrected chi connectivity index (χ4v) is 11.0. The molecule has 6 heteroatoms. The maximum absolute atomic E-state index is 12.5. The van der Waals surface area contributed by atoms with E-state index in [2.05, 4.69) is 43.5 Å². The first-order chi connectivity index (χ1) is 38.5. The van der Waals surface area contributed by atoms with E-state index in [0.29, 0.717) is 19.4 Å². The Kier molecular flexibility index (Phi) is 65.9. The van der Waals surface area contributed by atoms with E-state index in [0.717, 1.165) is 57.8 Å². The monoisotopic (exact) mass is 1100 g/mol. The normalized spacial score (nSPS) is 12.7. The summed E-state index contributed by atoms with van der Waals surface area (Å²) in [6.07, 6.45) is 86.4. The Bertz CT molecular complexity index is 1260. The molecule has 0 aliphatic carbocycles. The second kappa shape index (κ2) is 67.6. The minimum Gasteiger partial charge on any atom is -0.466 e. The fraction of sp³-hybridized carbons (Fsp3) is 0.889. The molecule has 0 fully saturated rings. The molecular weight excluding hydrogens is 959 g/mol. The Hall–Kier alpha value is -1.92. The third kappa shape index (κ3) is 63.3. The Morgan fingerprint density at radius 1 is 0.359 bits per heavy atom. The lowest BCUT2D eigenvalue weighted by Crippen LogP contribution is -2.45. The molecule has 1 amide bonds. The van der Waals surface area contributed by atoms with Crippen molar-refractivity contribution >= 4 is 11.9 Å². The number of rotatable bonds is 66. The number of aliphatic hydroxyl groups is 2. The first kappa shape index (κ1) is 76.1. The first-order valence-corrected chi connectivity index (χ1v) is 35.3. The summed E-state index contributed by atoms with van der Waals surface area (Å²) in [5.74, 6) is -0.0643. The zero-order valence-electron chi connectivity index (χ0n) is 52.7. The smallest absolute Gasteiger partial charge is 0.305 e. The second-order valence-electron chi connectivity index (χ2n) is 24.2. The summed E-state index contributed by atoms with van der Waals surface area (Å²) in [5, 5.41) is 23.2. The summed E-state index contributed by atoms with van der Waals surface area (Å²) in [7, 11) is 0. The summed E-state index contributed by atoms with van der Waals surface area (Å²) < 4.78 is 5.49. The van der Waals surface area contributed by atoms with Gasteiger partial charge in [0.15, 0.2) is 0 Å². The van der Waals surface area contributed by atoms with Gasteiger partial charge in [0, 0.05) is 12.8 Å². The van der Waals surface area contributed by atoms with Crippen molar-refractivity contribution < 1.29 is 24.5 Å². The zero-order chi connectivity index (χ0) is 56.4. The van der Waals surface area contributed by atoms with Crippen LogP contribution in [0.4, 0.5) is 0 Å². The van der Waals surface area contributed by atoms with Crippen molar-refractivity contribution in [2.45, 2.75) is 398 Å². The van der Waals surface area contributed by atoms with Crippen molar-refractivity contribution in [2.75, 3.05) is 13.2 Å². The molecule has 0 saturated heterocycles. The highest BCUT2D eigenvalue weighted by molar-refractivity contribution is 5.76. The van der Waals surface area contributed by atoms with E-state index in [1.54, 1.807) is 6.08 Å². The number of nitrogens with one attached hydrogen (secondary N) is 1. The lowest BCUT2D eigenvalue weighted by molar-refractivity contribution is -0.143. The quantitative estimate of drug-likeness (QED) is 0.0320. The van der Waals surface area contributed by atoms with E-state index in [-0.39, 0.29) is 18.5 Å². The maximum Gasteiger partial charge on any atom is 0.305 e. The number of unbranched alkanes of at least 4 members (excludes halogenated alkanes) is 51. The molecule has 6 nitrogen and oxygen atoms in total. The number of ether oxygens (including phenoxy) is 1. The molecule has 0 saturated carbocycles. The van der Waals surface area contributed by atoms with Gasteiger partial charge in [0.2, 0.25) is 5.91 Å². The lowest BCUT2D eigenvalue weighted by atomic mass is 10.0. The van der Waals surface area contributed by atoms with Gasteiger partial charge in [-0.3, -0.25) is 9.59 Å². The van der Waals surface area contributed by atoms with Gasteiger partial charge in [-0.25, -0.2) is 0 Å². The fourth-order valence-electron chi connectivity index (χ4n) is 11.0. The van der Waals surface area contributed by atoms with E-state index in [1.165, 1.54) is 302 Å². The Morgan fingerprint density at radius 2 is 0.641 bits per heavy atom. The topological polar surface area (TPSA) is 95.9 Å². The van der Waals surface area contributed by atoms with Gasteiger partial charge in [-0.2, -0.15) is 0 Å². The Labute approximate surface area is 487 Å². The van der Waals surface area contributed by atoms with Crippen LogP contribution in [0.25, 0.3) is 0 Å². The van der Waals surface area contributed by atoms with E-state index in [9.17, 15) is 19.8 Å². The van der Waals surface area contributed by atoms with Gasteiger partial charge in [-0.15, -0.1) is 0 Å². The van der Waals surface area contributed by atoms with Gasteiger partial charge in [0.25, 0.3) is 0 Å². The Morgan fingerprint density at radius 3 is 0.974 bits per heavy atom. The number of aliphatic hydroxyl groups excluding tert-OH is 2. The van der Waals surface area contributed by atoms with Gasteiger partial charge < -0.3 is 20.3 Å². The minimum absolute atomic E-state index is 0.0105. The molecule has 0 heterocycles. The maximum atomic E-state index is 12.5. The predicted octanol–water partition coefficient (Wildman–Crippen LogP) is 22.7. The molecule has 0 radical (unpaired) electrons. The highest BCUT2D eigenvalue weighted by Gasteiger charge is 2.18. The standard InChI is InChI=1S/C72H137NO5/c1-3-5-7-9-11-13-15-17-19-21-22-23-27-30-33-36-40-44-48-52-56-60-64-70(75)69(68-74)73-71(76)65-61-57-53-49-45-41-37-34-31-28-25-24-26-29-32-35-39-43-47-51-55-59-63-67-78-72(77)66-62-58-54-50-46-42-38-20-18-16-14-12-10-8-6-4-2/h24,26,28,31,60,64,69-70,74-75H,3-23,25,27,29-30,32-59,61-63,65-68H2,1-2H3,(H,73,76)/b26-24-,31-28-,64-60+. The molecule has 0 aliphatic heterocycles. The number of amides is 1. The molecule has 2 atom stereocenters. The van der Waals surface area contributed by atoms with Crippen LogP contribution in [0.5, 0.6) is 0 Å². The average molecular weight is 1100 g/mol. The van der Waals surface area contributed by atoms with Crippen LogP contribution in [0.1, 0.15) is 386 Å². The molecule has 0 bridgehead atoms. The van der Waals surface area contributed by atoms with Crippen LogP contribution in [0.3, 0.4) is 0 Å². The van der Waals surface area contributed by atoms with E-state index in [4.69, 9.17) is 4.74 Å². The molecule has 0 rings (SSSR count). The number of hydrogen-bond acceptors (Lipinski definition) is 5. The van der Waals surface area contributed by atoms with E-state index in [1.807, 2.05) is 6.08 Å². The van der Waals surface area contributed by atoms with Gasteiger partial charge in [-0.1, -0.05) is 346 Å². The SMILES string of the molecule is CCCCCCCCCCCCCCCCCCCCCC/C=C/C(O)C(CO)NC(=O)CCCCCCCCC/C=C\C/C=C\CCCCCCCCCCCOC(=O)CCCCCCCCCCCCCCCCCC. The highest BCUT2D eigenvalue weighted by atomic mass is 16.5. The summed E-state index contributed by atoms with van der Waals surface area (Å²) >= 11 is 0. The van der Waals surface area contributed by atoms with Crippen LogP contribution in [-0.4, -0.2) is 47.4 Å². The summed E-state index contributed by atoms with van der Waals surface area (Å²) in [6, 6.07) is -0.637. The van der Waals surface area contributed by atoms with Gasteiger partial charge >= 0.3 is 5.97 Å². The summed E-state index contributed by atoms with van der Waals surface area (Å²) in [6.45, 7) is 4.93. The molecule has 0 spiro atoms. The van der Waals surface area contributed by atoms with Gasteiger partial charge in [0.1, 0.15) is 0 Å². The van der Waals surface area contributed by atoms with Gasteiger partial charge in [0.05, 0.1) is 25.4 Å². The lowest BCUT2D eigenvalue weighted by Gasteiger charge is -2.20.